The Labute approximate surface area is 179 Å². The second kappa shape index (κ2) is 8.87. The minimum atomic E-state index is -0.546. The molecule has 0 heterocycles. The minimum Gasteiger partial charge on any atom is -0.244 e. The smallest absolute Gasteiger partial charge is 0.244 e. The van der Waals surface area contributed by atoms with Gasteiger partial charge in [0.25, 0.3) is 0 Å². The van der Waals surface area contributed by atoms with Crippen LogP contribution < -0.4 is 0 Å². The van der Waals surface area contributed by atoms with Crippen molar-refractivity contribution in [3.63, 3.8) is 0 Å². The summed E-state index contributed by atoms with van der Waals surface area (Å²) in [4.78, 5) is 49.9. The predicted octanol–water partition coefficient (Wildman–Crippen LogP) is 5.09. The van der Waals surface area contributed by atoms with Crippen LogP contribution in [0, 0.1) is 21.7 Å². The summed E-state index contributed by atoms with van der Waals surface area (Å²) in [6.45, 7) is 12.6. The Morgan fingerprint density at radius 1 is 0.733 bits per heavy atom. The highest BCUT2D eigenvalue weighted by Gasteiger charge is 2.42. The lowest BCUT2D eigenvalue weighted by atomic mass is 9.63. The average molecular weight is 415 g/mol. The highest BCUT2D eigenvalue weighted by atomic mass is 16.2. The van der Waals surface area contributed by atoms with E-state index in [9.17, 15) is 14.4 Å². The lowest BCUT2D eigenvalue weighted by molar-refractivity contribution is 0.138. The second-order valence-electron chi connectivity index (χ2n) is 11.4. The van der Waals surface area contributed by atoms with Gasteiger partial charge in [-0.25, -0.2) is 34.4 Å². The molecule has 0 aromatic heterocycles. The number of hydrogen-bond acceptors (Lipinski definition) is 5. The quantitative estimate of drug-likeness (QED) is 0.473. The van der Waals surface area contributed by atoms with Gasteiger partial charge in [0.15, 0.2) is 0 Å². The molecule has 2 aliphatic rings. The van der Waals surface area contributed by atoms with Gasteiger partial charge < -0.3 is 0 Å². The number of hydrogen-bond donors (Lipinski definition) is 0. The summed E-state index contributed by atoms with van der Waals surface area (Å²) in [6.07, 6.45) is 11.3. The van der Waals surface area contributed by atoms with E-state index in [1.807, 2.05) is 13.8 Å². The monoisotopic (exact) mass is 414 g/mol. The number of urea groups is 1. The van der Waals surface area contributed by atoms with Gasteiger partial charge in [0.2, 0.25) is 12.2 Å². The van der Waals surface area contributed by atoms with Crippen molar-refractivity contribution in [3.05, 3.63) is 0 Å². The van der Waals surface area contributed by atoms with Gasteiger partial charge in [-0.05, 0) is 49.4 Å². The molecule has 0 spiro atoms. The van der Waals surface area contributed by atoms with Crippen molar-refractivity contribution < 1.29 is 14.4 Å². The van der Waals surface area contributed by atoms with Crippen molar-refractivity contribution >= 4 is 30.6 Å². The molecule has 0 saturated heterocycles. The predicted molar refractivity (Wildman–Crippen MR) is 118 cm³/mol. The fourth-order valence-electron chi connectivity index (χ4n) is 5.96. The van der Waals surface area contributed by atoms with Crippen molar-refractivity contribution in [3.8, 4) is 0 Å². The lowest BCUT2D eigenvalue weighted by Gasteiger charge is -2.43. The summed E-state index contributed by atoms with van der Waals surface area (Å²) in [6, 6.07) is -0.768. The lowest BCUT2D eigenvalue weighted by Crippen LogP contribution is -2.39. The van der Waals surface area contributed by atoms with Crippen molar-refractivity contribution in [2.45, 2.75) is 92.2 Å². The van der Waals surface area contributed by atoms with Crippen LogP contribution in [0.4, 0.5) is 4.79 Å². The molecule has 2 fully saturated rings. The van der Waals surface area contributed by atoms with E-state index in [1.165, 1.54) is 0 Å². The summed E-state index contributed by atoms with van der Waals surface area (Å²) >= 11 is 0. The summed E-state index contributed by atoms with van der Waals surface area (Å²) in [7, 11) is 0. The maximum absolute atomic E-state index is 12.4. The number of amides is 2. The number of carbonyl (C=O) groups excluding carboxylic acids is 3. The first-order valence-electron chi connectivity index (χ1n) is 10.6. The number of isocyanates is 2. The van der Waals surface area contributed by atoms with Crippen LogP contribution in [0.2, 0.25) is 0 Å². The van der Waals surface area contributed by atoms with Crippen molar-refractivity contribution in [1.29, 1.82) is 0 Å². The Balaban J connectivity index is 2.11. The summed E-state index contributed by atoms with van der Waals surface area (Å²) in [5.74, 6) is 0. The van der Waals surface area contributed by atoms with Crippen LogP contribution in [0.15, 0.2) is 20.0 Å². The Morgan fingerprint density at radius 2 is 1.10 bits per heavy atom. The molecular weight excluding hydrogens is 380 g/mol. The molecule has 0 aromatic carbocycles. The first-order chi connectivity index (χ1) is 13.8. The van der Waals surface area contributed by atoms with E-state index in [4.69, 9.17) is 0 Å². The van der Waals surface area contributed by atoms with E-state index >= 15 is 0 Å². The fourth-order valence-corrected chi connectivity index (χ4v) is 5.96. The molecule has 0 aromatic rings. The van der Waals surface area contributed by atoms with Gasteiger partial charge in [-0.3, -0.25) is 0 Å². The largest absolute Gasteiger partial charge is 0.366 e. The van der Waals surface area contributed by atoms with E-state index in [1.54, 1.807) is 24.6 Å². The van der Waals surface area contributed by atoms with E-state index in [-0.39, 0.29) is 33.7 Å². The number of aliphatic imine (C=N–C) groups is 4. The van der Waals surface area contributed by atoms with Crippen molar-refractivity contribution in [2.24, 2.45) is 41.6 Å². The molecular formula is C23H34N4O3. The van der Waals surface area contributed by atoms with Crippen LogP contribution in [-0.4, -0.2) is 42.7 Å². The normalized spacial score (nSPS) is 35.5. The molecule has 4 atom stereocenters. The molecule has 0 radical (unpaired) electrons. The van der Waals surface area contributed by atoms with E-state index in [2.05, 4.69) is 47.7 Å². The molecule has 7 heteroatoms. The standard InChI is InChI=1S/C23H34N4O3/c1-20(2)7-17(26-15-28)9-22(5,11-20)13-24-19(30)25-14-23(6)10-18(27-16-29)8-21(3,4)12-23/h13-14,17-18H,7-12H2,1-6H3. The zero-order valence-corrected chi connectivity index (χ0v) is 19.1. The SMILES string of the molecule is CC1(C)CC(N=C=O)CC(C)(C=NC(=O)N=CC2(C)CC(N=C=O)CC(C)(C)C2)C1. The Hall–Kier alpha value is -2.23. The summed E-state index contributed by atoms with van der Waals surface area (Å²) in [5.41, 5.74) is -0.686. The number of nitrogens with zero attached hydrogens (tertiary/aromatic N) is 4. The minimum absolute atomic E-state index is 0.00831. The van der Waals surface area contributed by atoms with Crippen LogP contribution in [0.1, 0.15) is 80.1 Å². The molecule has 30 heavy (non-hydrogen) atoms. The summed E-state index contributed by atoms with van der Waals surface area (Å²) < 4.78 is 0. The Morgan fingerprint density at radius 3 is 1.43 bits per heavy atom. The van der Waals surface area contributed by atoms with Gasteiger partial charge in [0, 0.05) is 23.3 Å². The van der Waals surface area contributed by atoms with E-state index in [0.29, 0.717) is 12.8 Å². The molecule has 4 unspecified atom stereocenters. The van der Waals surface area contributed by atoms with Gasteiger partial charge in [-0.2, -0.15) is 0 Å². The maximum atomic E-state index is 12.4. The van der Waals surface area contributed by atoms with Crippen molar-refractivity contribution in [2.75, 3.05) is 0 Å². The van der Waals surface area contributed by atoms with Gasteiger partial charge in [0.1, 0.15) is 0 Å². The molecule has 0 aliphatic heterocycles. The number of rotatable bonds is 4. The molecule has 164 valence electrons. The zero-order valence-electron chi connectivity index (χ0n) is 19.1. The number of carbonyl (C=O) groups is 1. The third-order valence-electron chi connectivity index (χ3n) is 6.19. The molecule has 2 saturated carbocycles. The van der Waals surface area contributed by atoms with Gasteiger partial charge >= 0.3 is 6.03 Å². The average Bonchev–Trinajstić information content (AvgIpc) is 2.55. The van der Waals surface area contributed by atoms with E-state index < -0.39 is 6.03 Å². The molecule has 2 aliphatic carbocycles. The molecule has 2 rings (SSSR count). The van der Waals surface area contributed by atoms with Gasteiger partial charge in [0.05, 0.1) is 12.1 Å². The van der Waals surface area contributed by atoms with Gasteiger partial charge in [-0.1, -0.05) is 41.5 Å². The van der Waals surface area contributed by atoms with Crippen LogP contribution >= 0.6 is 0 Å². The Kier molecular flexibility index (Phi) is 7.11. The second-order valence-corrected chi connectivity index (χ2v) is 11.4. The third kappa shape index (κ3) is 6.93. The molecule has 7 nitrogen and oxygen atoms in total. The molecule has 2 amide bonds. The highest BCUT2D eigenvalue weighted by Crippen LogP contribution is 2.47. The van der Waals surface area contributed by atoms with Crippen LogP contribution in [0.5, 0.6) is 0 Å². The highest BCUT2D eigenvalue weighted by molar-refractivity contribution is 5.91. The zero-order chi connectivity index (χ0) is 22.6. The molecule has 0 bridgehead atoms. The Bertz CT molecular complexity index is 752. The van der Waals surface area contributed by atoms with Crippen LogP contribution in [0.25, 0.3) is 0 Å². The van der Waals surface area contributed by atoms with Gasteiger partial charge in [-0.15, -0.1) is 0 Å². The first-order valence-corrected chi connectivity index (χ1v) is 10.6. The topological polar surface area (TPSA) is 101 Å². The first kappa shape index (κ1) is 24.0. The molecule has 0 N–H and O–H groups in total. The van der Waals surface area contributed by atoms with E-state index in [0.717, 1.165) is 25.7 Å². The van der Waals surface area contributed by atoms with Crippen LogP contribution in [0.3, 0.4) is 0 Å². The maximum Gasteiger partial charge on any atom is 0.366 e. The fraction of sp³-hybridized carbons (Fsp3) is 0.783. The van der Waals surface area contributed by atoms with Crippen molar-refractivity contribution in [1.82, 2.24) is 0 Å². The van der Waals surface area contributed by atoms with Crippen LogP contribution in [-0.2, 0) is 9.59 Å². The summed E-state index contributed by atoms with van der Waals surface area (Å²) in [5, 5.41) is 0. The third-order valence-corrected chi connectivity index (χ3v) is 6.19.